The van der Waals surface area contributed by atoms with E-state index in [1.165, 1.54) is 0 Å². The van der Waals surface area contributed by atoms with Crippen LogP contribution < -0.4 is 5.32 Å². The van der Waals surface area contributed by atoms with E-state index in [4.69, 9.17) is 0 Å². The first kappa shape index (κ1) is 9.45. The molecule has 2 rings (SSSR count). The van der Waals surface area contributed by atoms with Crippen LogP contribution in [0.4, 0.5) is 0 Å². The van der Waals surface area contributed by atoms with Crippen LogP contribution in [-0.4, -0.2) is 16.1 Å². The molecule has 0 unspecified atom stereocenters. The number of nitrogens with one attached hydrogen (secondary N) is 2. The Morgan fingerprint density at radius 1 is 1.27 bits per heavy atom. The summed E-state index contributed by atoms with van der Waals surface area (Å²) < 4.78 is 0. The van der Waals surface area contributed by atoms with Crippen molar-refractivity contribution in [3.63, 3.8) is 0 Å². The highest BCUT2D eigenvalue weighted by molar-refractivity contribution is 5.91. The van der Waals surface area contributed by atoms with Crippen LogP contribution in [-0.2, 0) is 6.54 Å². The minimum atomic E-state index is -0.142. The molecule has 1 aromatic carbocycles. The van der Waals surface area contributed by atoms with Gasteiger partial charge in [0, 0.05) is 12.7 Å². The minimum Gasteiger partial charge on any atom is -0.347 e. The maximum atomic E-state index is 11.5. The van der Waals surface area contributed by atoms with Gasteiger partial charge in [-0.3, -0.25) is 9.89 Å². The molecular weight excluding hydrogens is 190 g/mol. The van der Waals surface area contributed by atoms with Gasteiger partial charge in [0.1, 0.15) is 5.69 Å². The van der Waals surface area contributed by atoms with Gasteiger partial charge in [-0.15, -0.1) is 0 Å². The van der Waals surface area contributed by atoms with Crippen molar-refractivity contribution >= 4 is 5.91 Å². The molecule has 0 bridgehead atoms. The van der Waals surface area contributed by atoms with Gasteiger partial charge in [0.05, 0.1) is 0 Å². The standard InChI is InChI=1S/C11H11N3O/c15-11(10-6-7-13-14-10)12-8-9-4-2-1-3-5-9/h1-7H,8H2,(H,12,15)(H,13,14). The minimum absolute atomic E-state index is 0.142. The summed E-state index contributed by atoms with van der Waals surface area (Å²) in [6, 6.07) is 11.4. The van der Waals surface area contributed by atoms with E-state index in [1.807, 2.05) is 30.3 Å². The van der Waals surface area contributed by atoms with Gasteiger partial charge >= 0.3 is 0 Å². The number of nitrogens with zero attached hydrogens (tertiary/aromatic N) is 1. The lowest BCUT2D eigenvalue weighted by atomic mass is 10.2. The largest absolute Gasteiger partial charge is 0.347 e. The molecule has 0 radical (unpaired) electrons. The molecular formula is C11H11N3O. The zero-order chi connectivity index (χ0) is 10.5. The molecule has 0 saturated carbocycles. The van der Waals surface area contributed by atoms with E-state index >= 15 is 0 Å². The SMILES string of the molecule is O=C(NCc1ccccc1)c1ccn[nH]1. The Morgan fingerprint density at radius 2 is 2.07 bits per heavy atom. The molecule has 1 heterocycles. The number of carbonyl (C=O) groups is 1. The van der Waals surface area contributed by atoms with Crippen LogP contribution in [0.3, 0.4) is 0 Å². The van der Waals surface area contributed by atoms with Crippen LogP contribution in [0.5, 0.6) is 0 Å². The molecule has 0 aliphatic carbocycles. The van der Waals surface area contributed by atoms with Crippen LogP contribution >= 0.6 is 0 Å². The molecule has 0 aliphatic rings. The second-order valence-electron chi connectivity index (χ2n) is 3.14. The van der Waals surface area contributed by atoms with E-state index in [0.29, 0.717) is 12.2 Å². The first-order chi connectivity index (χ1) is 7.36. The molecule has 1 aromatic heterocycles. The van der Waals surface area contributed by atoms with Crippen molar-refractivity contribution in [2.75, 3.05) is 0 Å². The molecule has 0 spiro atoms. The first-order valence-electron chi connectivity index (χ1n) is 4.68. The van der Waals surface area contributed by atoms with E-state index < -0.39 is 0 Å². The number of aromatic amines is 1. The average Bonchev–Trinajstić information content (AvgIpc) is 2.81. The highest BCUT2D eigenvalue weighted by Crippen LogP contribution is 1.98. The molecule has 1 amide bonds. The zero-order valence-electron chi connectivity index (χ0n) is 8.10. The number of H-pyrrole nitrogens is 1. The molecule has 76 valence electrons. The van der Waals surface area contributed by atoms with Crippen molar-refractivity contribution < 1.29 is 4.79 Å². The number of carbonyl (C=O) groups excluding carboxylic acids is 1. The molecule has 4 nitrogen and oxygen atoms in total. The third-order valence-corrected chi connectivity index (χ3v) is 2.04. The second kappa shape index (κ2) is 4.41. The predicted molar refractivity (Wildman–Crippen MR) is 56.2 cm³/mol. The Bertz CT molecular complexity index is 422. The van der Waals surface area contributed by atoms with E-state index in [2.05, 4.69) is 15.5 Å². The van der Waals surface area contributed by atoms with Gasteiger partial charge in [-0.05, 0) is 11.6 Å². The maximum Gasteiger partial charge on any atom is 0.269 e. The molecule has 15 heavy (non-hydrogen) atoms. The molecule has 2 N–H and O–H groups in total. The number of benzene rings is 1. The van der Waals surface area contributed by atoms with Gasteiger partial charge in [-0.25, -0.2) is 0 Å². The molecule has 0 aliphatic heterocycles. The van der Waals surface area contributed by atoms with E-state index in [0.717, 1.165) is 5.56 Å². The molecule has 2 aromatic rings. The number of hydrogen-bond acceptors (Lipinski definition) is 2. The van der Waals surface area contributed by atoms with Crippen molar-refractivity contribution in [3.8, 4) is 0 Å². The van der Waals surface area contributed by atoms with Crippen LogP contribution in [0.15, 0.2) is 42.6 Å². The summed E-state index contributed by atoms with van der Waals surface area (Å²) in [7, 11) is 0. The summed E-state index contributed by atoms with van der Waals surface area (Å²) in [5, 5.41) is 9.11. The summed E-state index contributed by atoms with van der Waals surface area (Å²) in [5.74, 6) is -0.142. The van der Waals surface area contributed by atoms with Crippen LogP contribution in [0.2, 0.25) is 0 Å². The fourth-order valence-electron chi connectivity index (χ4n) is 1.26. The van der Waals surface area contributed by atoms with Gasteiger partial charge in [-0.1, -0.05) is 30.3 Å². The third kappa shape index (κ3) is 2.43. The number of amides is 1. The monoisotopic (exact) mass is 201 g/mol. The summed E-state index contributed by atoms with van der Waals surface area (Å²) >= 11 is 0. The van der Waals surface area contributed by atoms with Crippen molar-refractivity contribution in [1.82, 2.24) is 15.5 Å². The highest BCUT2D eigenvalue weighted by Gasteiger charge is 2.04. The number of hydrogen-bond donors (Lipinski definition) is 2. The molecule has 4 heteroatoms. The summed E-state index contributed by atoms with van der Waals surface area (Å²) in [5.41, 5.74) is 1.55. The smallest absolute Gasteiger partial charge is 0.269 e. The zero-order valence-corrected chi connectivity index (χ0v) is 8.10. The Hall–Kier alpha value is -2.10. The van der Waals surface area contributed by atoms with Gasteiger partial charge in [0.25, 0.3) is 5.91 Å². The molecule has 0 saturated heterocycles. The van der Waals surface area contributed by atoms with Gasteiger partial charge in [0.15, 0.2) is 0 Å². The van der Waals surface area contributed by atoms with Crippen LogP contribution in [0, 0.1) is 0 Å². The average molecular weight is 201 g/mol. The maximum absolute atomic E-state index is 11.5. The summed E-state index contributed by atoms with van der Waals surface area (Å²) in [4.78, 5) is 11.5. The molecule has 0 atom stereocenters. The first-order valence-corrected chi connectivity index (χ1v) is 4.68. The van der Waals surface area contributed by atoms with Crippen molar-refractivity contribution in [3.05, 3.63) is 53.9 Å². The van der Waals surface area contributed by atoms with Crippen molar-refractivity contribution in [2.45, 2.75) is 6.54 Å². The lowest BCUT2D eigenvalue weighted by Gasteiger charge is -2.02. The van der Waals surface area contributed by atoms with Crippen molar-refractivity contribution in [2.24, 2.45) is 0 Å². The normalized spacial score (nSPS) is 9.87. The van der Waals surface area contributed by atoms with E-state index in [9.17, 15) is 4.79 Å². The van der Waals surface area contributed by atoms with Crippen LogP contribution in [0.1, 0.15) is 16.1 Å². The lowest BCUT2D eigenvalue weighted by Crippen LogP contribution is -2.23. The lowest BCUT2D eigenvalue weighted by molar-refractivity contribution is 0.0946. The van der Waals surface area contributed by atoms with Gasteiger partial charge in [0.2, 0.25) is 0 Å². The van der Waals surface area contributed by atoms with E-state index in [-0.39, 0.29) is 5.91 Å². The topological polar surface area (TPSA) is 57.8 Å². The fourth-order valence-corrected chi connectivity index (χ4v) is 1.26. The molecule has 0 fully saturated rings. The third-order valence-electron chi connectivity index (χ3n) is 2.04. The summed E-state index contributed by atoms with van der Waals surface area (Å²) in [6.45, 7) is 0.526. The van der Waals surface area contributed by atoms with Crippen molar-refractivity contribution in [1.29, 1.82) is 0 Å². The second-order valence-corrected chi connectivity index (χ2v) is 3.14. The Balaban J connectivity index is 1.92. The Morgan fingerprint density at radius 3 is 2.73 bits per heavy atom. The number of aromatic nitrogens is 2. The van der Waals surface area contributed by atoms with Gasteiger partial charge in [-0.2, -0.15) is 5.10 Å². The highest BCUT2D eigenvalue weighted by atomic mass is 16.1. The predicted octanol–water partition coefficient (Wildman–Crippen LogP) is 1.34. The summed E-state index contributed by atoms with van der Waals surface area (Å²) in [6.07, 6.45) is 1.55. The van der Waals surface area contributed by atoms with Gasteiger partial charge < -0.3 is 5.32 Å². The Kier molecular flexibility index (Phi) is 2.78. The fraction of sp³-hybridized carbons (Fsp3) is 0.0909. The Labute approximate surface area is 87.3 Å². The van der Waals surface area contributed by atoms with E-state index in [1.54, 1.807) is 12.3 Å². The van der Waals surface area contributed by atoms with Crippen LogP contribution in [0.25, 0.3) is 0 Å². The number of rotatable bonds is 3. The quantitative estimate of drug-likeness (QED) is 0.787.